The summed E-state index contributed by atoms with van der Waals surface area (Å²) < 4.78 is 0. The van der Waals surface area contributed by atoms with Crippen LogP contribution in [0.25, 0.3) is 0 Å². The Balaban J connectivity index is 2.08. The molecule has 1 unspecified atom stereocenters. The molecule has 88 valence electrons. The standard InChI is InChI=1S/C10H15N3O3/c11-5-8(15)13-4-3-10(6-13)2-1-7(14)12-9(10)16/h1-6,11H2,(H,12,14,16). The van der Waals surface area contributed by atoms with Crippen LogP contribution in [0, 0.1) is 5.41 Å². The maximum atomic E-state index is 11.8. The van der Waals surface area contributed by atoms with Crippen LogP contribution in [-0.4, -0.2) is 42.3 Å². The minimum absolute atomic E-state index is 0.0311. The number of amides is 3. The first kappa shape index (κ1) is 11.1. The summed E-state index contributed by atoms with van der Waals surface area (Å²) in [6.07, 6.45) is 1.51. The third-order valence-corrected chi connectivity index (χ3v) is 3.45. The molecule has 0 radical (unpaired) electrons. The minimum Gasteiger partial charge on any atom is -0.340 e. The van der Waals surface area contributed by atoms with Crippen molar-refractivity contribution in [3.05, 3.63) is 0 Å². The number of nitrogens with zero attached hydrogens (tertiary/aromatic N) is 1. The van der Waals surface area contributed by atoms with Crippen molar-refractivity contribution in [2.24, 2.45) is 11.1 Å². The monoisotopic (exact) mass is 225 g/mol. The molecule has 2 heterocycles. The molecule has 1 atom stereocenters. The second-order valence-electron chi connectivity index (χ2n) is 4.43. The quantitative estimate of drug-likeness (QED) is 0.537. The minimum atomic E-state index is -0.557. The molecule has 3 amide bonds. The lowest BCUT2D eigenvalue weighted by Gasteiger charge is -2.31. The van der Waals surface area contributed by atoms with E-state index in [4.69, 9.17) is 5.73 Å². The van der Waals surface area contributed by atoms with E-state index in [-0.39, 0.29) is 24.3 Å². The number of hydrogen-bond acceptors (Lipinski definition) is 4. The predicted molar refractivity (Wildman–Crippen MR) is 55.1 cm³/mol. The van der Waals surface area contributed by atoms with Gasteiger partial charge in [0.1, 0.15) is 0 Å². The Hall–Kier alpha value is -1.43. The highest BCUT2D eigenvalue weighted by Crippen LogP contribution is 2.37. The third-order valence-electron chi connectivity index (χ3n) is 3.45. The van der Waals surface area contributed by atoms with Crippen molar-refractivity contribution in [1.29, 1.82) is 0 Å². The van der Waals surface area contributed by atoms with Gasteiger partial charge in [0.15, 0.2) is 0 Å². The van der Waals surface area contributed by atoms with Gasteiger partial charge in [-0.2, -0.15) is 0 Å². The van der Waals surface area contributed by atoms with E-state index in [1.165, 1.54) is 0 Å². The van der Waals surface area contributed by atoms with Gasteiger partial charge in [-0.1, -0.05) is 0 Å². The lowest BCUT2D eigenvalue weighted by Crippen LogP contribution is -2.50. The molecule has 0 aliphatic carbocycles. The molecule has 1 spiro atoms. The summed E-state index contributed by atoms with van der Waals surface area (Å²) in [4.78, 5) is 35.9. The maximum Gasteiger partial charge on any atom is 0.236 e. The Morgan fingerprint density at radius 3 is 2.81 bits per heavy atom. The average Bonchev–Trinajstić information content (AvgIpc) is 2.69. The molecule has 0 saturated carbocycles. The fourth-order valence-corrected chi connectivity index (χ4v) is 2.39. The van der Waals surface area contributed by atoms with E-state index in [1.807, 2.05) is 0 Å². The number of rotatable bonds is 1. The molecule has 2 aliphatic rings. The molecule has 0 aromatic carbocycles. The van der Waals surface area contributed by atoms with Gasteiger partial charge in [0.2, 0.25) is 17.7 Å². The largest absolute Gasteiger partial charge is 0.340 e. The molecule has 2 rings (SSSR count). The third kappa shape index (κ3) is 1.69. The smallest absolute Gasteiger partial charge is 0.236 e. The molecule has 6 nitrogen and oxygen atoms in total. The molecule has 3 N–H and O–H groups in total. The Bertz CT molecular complexity index is 355. The average molecular weight is 225 g/mol. The van der Waals surface area contributed by atoms with E-state index in [1.54, 1.807) is 4.90 Å². The summed E-state index contributed by atoms with van der Waals surface area (Å²) in [6, 6.07) is 0. The van der Waals surface area contributed by atoms with Crippen molar-refractivity contribution in [3.63, 3.8) is 0 Å². The Morgan fingerprint density at radius 2 is 2.19 bits per heavy atom. The SMILES string of the molecule is NCC(=O)N1CCC2(CCC(=O)NC2=O)C1. The summed E-state index contributed by atoms with van der Waals surface area (Å²) in [5.41, 5.74) is 4.72. The molecule has 0 bridgehead atoms. The number of piperidine rings is 1. The summed E-state index contributed by atoms with van der Waals surface area (Å²) >= 11 is 0. The Kier molecular flexibility index (Phi) is 2.67. The van der Waals surface area contributed by atoms with Gasteiger partial charge in [-0.15, -0.1) is 0 Å². The molecule has 0 aromatic rings. The first-order valence-corrected chi connectivity index (χ1v) is 5.39. The zero-order valence-electron chi connectivity index (χ0n) is 8.99. The molecule has 2 saturated heterocycles. The number of nitrogens with one attached hydrogen (secondary N) is 1. The van der Waals surface area contributed by atoms with Gasteiger partial charge in [-0.05, 0) is 12.8 Å². The van der Waals surface area contributed by atoms with Crippen LogP contribution in [-0.2, 0) is 14.4 Å². The van der Waals surface area contributed by atoms with Crippen LogP contribution >= 0.6 is 0 Å². The summed E-state index contributed by atoms with van der Waals surface area (Å²) in [6.45, 7) is 0.913. The number of imide groups is 1. The van der Waals surface area contributed by atoms with Crippen molar-refractivity contribution in [3.8, 4) is 0 Å². The first-order chi connectivity index (χ1) is 7.57. The lowest BCUT2D eigenvalue weighted by atomic mass is 9.79. The number of nitrogens with two attached hydrogens (primary N) is 1. The Labute approximate surface area is 93.1 Å². The highest BCUT2D eigenvalue weighted by atomic mass is 16.2. The first-order valence-electron chi connectivity index (χ1n) is 5.39. The van der Waals surface area contributed by atoms with E-state index >= 15 is 0 Å². The fourth-order valence-electron chi connectivity index (χ4n) is 2.39. The van der Waals surface area contributed by atoms with E-state index in [0.717, 1.165) is 0 Å². The predicted octanol–water partition coefficient (Wildman–Crippen LogP) is -1.40. The topological polar surface area (TPSA) is 92.5 Å². The summed E-state index contributed by atoms with van der Waals surface area (Å²) in [5, 5.41) is 2.34. The zero-order valence-corrected chi connectivity index (χ0v) is 8.99. The van der Waals surface area contributed by atoms with Gasteiger partial charge in [-0.3, -0.25) is 19.7 Å². The van der Waals surface area contributed by atoms with Crippen LogP contribution in [0.1, 0.15) is 19.3 Å². The van der Waals surface area contributed by atoms with Crippen LogP contribution in [0.15, 0.2) is 0 Å². The van der Waals surface area contributed by atoms with E-state index in [2.05, 4.69) is 5.32 Å². The van der Waals surface area contributed by atoms with Crippen LogP contribution in [0.3, 0.4) is 0 Å². The fraction of sp³-hybridized carbons (Fsp3) is 0.700. The van der Waals surface area contributed by atoms with Crippen molar-refractivity contribution < 1.29 is 14.4 Å². The number of hydrogen-bond donors (Lipinski definition) is 2. The molecule has 6 heteroatoms. The molecule has 2 fully saturated rings. The molecule has 16 heavy (non-hydrogen) atoms. The summed E-state index contributed by atoms with van der Waals surface area (Å²) in [7, 11) is 0. The van der Waals surface area contributed by atoms with Gasteiger partial charge >= 0.3 is 0 Å². The van der Waals surface area contributed by atoms with Gasteiger partial charge in [-0.25, -0.2) is 0 Å². The van der Waals surface area contributed by atoms with E-state index in [9.17, 15) is 14.4 Å². The highest BCUT2D eigenvalue weighted by molar-refractivity contribution is 6.01. The molecule has 2 aliphatic heterocycles. The van der Waals surface area contributed by atoms with Crippen molar-refractivity contribution in [2.75, 3.05) is 19.6 Å². The summed E-state index contributed by atoms with van der Waals surface area (Å²) in [5.74, 6) is -0.600. The molecule has 0 aromatic heterocycles. The normalized spacial score (nSPS) is 29.7. The Morgan fingerprint density at radius 1 is 1.44 bits per heavy atom. The zero-order chi connectivity index (χ0) is 11.8. The van der Waals surface area contributed by atoms with Crippen LogP contribution in [0.2, 0.25) is 0 Å². The number of carbonyl (C=O) groups is 3. The van der Waals surface area contributed by atoms with Gasteiger partial charge in [0.25, 0.3) is 0 Å². The van der Waals surface area contributed by atoms with Crippen molar-refractivity contribution in [2.45, 2.75) is 19.3 Å². The van der Waals surface area contributed by atoms with Crippen molar-refractivity contribution in [1.82, 2.24) is 10.2 Å². The molecular formula is C10H15N3O3. The van der Waals surface area contributed by atoms with Crippen molar-refractivity contribution >= 4 is 17.7 Å². The van der Waals surface area contributed by atoms with E-state index in [0.29, 0.717) is 32.4 Å². The molecular weight excluding hydrogens is 210 g/mol. The van der Waals surface area contributed by atoms with E-state index < -0.39 is 5.41 Å². The number of likely N-dealkylation sites (tertiary alicyclic amines) is 1. The van der Waals surface area contributed by atoms with Gasteiger partial charge in [0, 0.05) is 19.5 Å². The van der Waals surface area contributed by atoms with Crippen LogP contribution < -0.4 is 11.1 Å². The van der Waals surface area contributed by atoms with Crippen LogP contribution in [0.5, 0.6) is 0 Å². The van der Waals surface area contributed by atoms with Crippen LogP contribution in [0.4, 0.5) is 0 Å². The van der Waals surface area contributed by atoms with Gasteiger partial charge < -0.3 is 10.6 Å². The van der Waals surface area contributed by atoms with Gasteiger partial charge in [0.05, 0.1) is 12.0 Å². The second-order valence-corrected chi connectivity index (χ2v) is 4.43. The highest BCUT2D eigenvalue weighted by Gasteiger charge is 2.48. The second kappa shape index (κ2) is 3.86. The lowest BCUT2D eigenvalue weighted by molar-refractivity contribution is -0.141. The maximum absolute atomic E-state index is 11.8. The number of carbonyl (C=O) groups excluding carboxylic acids is 3.